The second kappa shape index (κ2) is 13.0. The number of nitriles is 1. The van der Waals surface area contributed by atoms with E-state index < -0.39 is 66.5 Å². The Morgan fingerprint density at radius 1 is 1.15 bits per heavy atom. The summed E-state index contributed by atoms with van der Waals surface area (Å²) < 4.78 is 70.7. The number of hydrogen-bond acceptors (Lipinski definition) is 7. The van der Waals surface area contributed by atoms with Crippen molar-refractivity contribution in [2.24, 2.45) is 5.92 Å². The topological polar surface area (TPSA) is 116 Å². The van der Waals surface area contributed by atoms with Crippen molar-refractivity contribution in [2.75, 3.05) is 9.80 Å². The molecule has 0 N–H and O–H groups in total. The predicted octanol–water partition coefficient (Wildman–Crippen LogP) is 6.56. The third kappa shape index (κ3) is 7.25. The van der Waals surface area contributed by atoms with Crippen LogP contribution in [0.5, 0.6) is 5.75 Å². The first-order valence-corrected chi connectivity index (χ1v) is 14.5. The fourth-order valence-corrected chi connectivity index (χ4v) is 5.95. The minimum Gasteiger partial charge on any atom is -0.406 e. The van der Waals surface area contributed by atoms with E-state index in [4.69, 9.17) is 11.6 Å². The van der Waals surface area contributed by atoms with Crippen LogP contribution in [0.25, 0.3) is 0 Å². The van der Waals surface area contributed by atoms with Gasteiger partial charge in [-0.1, -0.05) is 35.9 Å². The van der Waals surface area contributed by atoms with Crippen LogP contribution in [-0.4, -0.2) is 45.9 Å². The van der Waals surface area contributed by atoms with Gasteiger partial charge in [0.15, 0.2) is 5.78 Å². The minimum absolute atomic E-state index is 0.0564. The van der Waals surface area contributed by atoms with Gasteiger partial charge in [-0.2, -0.15) is 5.26 Å². The number of nitrogens with zero attached hydrogens (tertiary/aromatic N) is 5. The lowest BCUT2D eigenvalue weighted by atomic mass is 9.77. The predicted molar refractivity (Wildman–Crippen MR) is 154 cm³/mol. The molecule has 15 heteroatoms. The number of carbonyl (C=O) groups is 3. The second-order valence-electron chi connectivity index (χ2n) is 11.0. The first-order valence-electron chi connectivity index (χ1n) is 14.2. The molecule has 1 unspecified atom stereocenters. The van der Waals surface area contributed by atoms with E-state index in [0.29, 0.717) is 0 Å². The molecule has 2 heterocycles. The first kappa shape index (κ1) is 32.7. The van der Waals surface area contributed by atoms with Gasteiger partial charge >= 0.3 is 6.36 Å². The van der Waals surface area contributed by atoms with Gasteiger partial charge in [0, 0.05) is 54.2 Å². The molecule has 240 valence electrons. The summed E-state index contributed by atoms with van der Waals surface area (Å²) in [6.45, 7) is 0. The SMILES string of the molecule is N#Cc1ccnc(N2C(=O)CC[C@H]2C(=O)N(c2cccc(OC(F)(F)F)c2)C(C(=O)CCC2CC(F)(F)C2)c2ccccc2Cl)n1. The van der Waals surface area contributed by atoms with Gasteiger partial charge in [-0.3, -0.25) is 24.2 Å². The van der Waals surface area contributed by atoms with Crippen molar-refractivity contribution >= 4 is 40.8 Å². The number of rotatable bonds is 10. The third-order valence-electron chi connectivity index (χ3n) is 7.77. The number of anilines is 2. The third-order valence-corrected chi connectivity index (χ3v) is 8.12. The molecule has 2 aliphatic rings. The smallest absolute Gasteiger partial charge is 0.406 e. The van der Waals surface area contributed by atoms with E-state index in [-0.39, 0.29) is 53.6 Å². The summed E-state index contributed by atoms with van der Waals surface area (Å²) in [5, 5.41) is 9.37. The van der Waals surface area contributed by atoms with E-state index >= 15 is 0 Å². The van der Waals surface area contributed by atoms with Crippen LogP contribution >= 0.6 is 11.6 Å². The number of hydrogen-bond donors (Lipinski definition) is 0. The van der Waals surface area contributed by atoms with E-state index in [1.807, 2.05) is 6.07 Å². The van der Waals surface area contributed by atoms with Crippen LogP contribution in [0.15, 0.2) is 60.8 Å². The molecule has 1 saturated heterocycles. The van der Waals surface area contributed by atoms with Crippen molar-refractivity contribution in [1.29, 1.82) is 5.26 Å². The van der Waals surface area contributed by atoms with Crippen LogP contribution in [0.2, 0.25) is 5.02 Å². The molecule has 0 bridgehead atoms. The fourth-order valence-electron chi connectivity index (χ4n) is 5.72. The van der Waals surface area contributed by atoms with Crippen molar-refractivity contribution in [3.63, 3.8) is 0 Å². The molecule has 2 atom stereocenters. The highest BCUT2D eigenvalue weighted by Gasteiger charge is 2.47. The van der Waals surface area contributed by atoms with E-state index in [0.717, 1.165) is 21.9 Å². The van der Waals surface area contributed by atoms with Crippen LogP contribution < -0.4 is 14.5 Å². The number of alkyl halides is 5. The largest absolute Gasteiger partial charge is 0.573 e. The molecule has 1 aromatic heterocycles. The highest BCUT2D eigenvalue weighted by atomic mass is 35.5. The molecule has 46 heavy (non-hydrogen) atoms. The van der Waals surface area contributed by atoms with Crippen molar-refractivity contribution in [2.45, 2.75) is 62.9 Å². The quantitative estimate of drug-likeness (QED) is 0.226. The van der Waals surface area contributed by atoms with Crippen molar-refractivity contribution in [1.82, 2.24) is 9.97 Å². The Morgan fingerprint density at radius 3 is 2.57 bits per heavy atom. The Labute approximate surface area is 264 Å². The highest BCUT2D eigenvalue weighted by molar-refractivity contribution is 6.31. The monoisotopic (exact) mass is 661 g/mol. The lowest BCUT2D eigenvalue weighted by Gasteiger charge is -2.37. The summed E-state index contributed by atoms with van der Waals surface area (Å²) in [4.78, 5) is 51.7. The summed E-state index contributed by atoms with van der Waals surface area (Å²) in [7, 11) is 0. The number of carbonyl (C=O) groups excluding carboxylic acids is 3. The van der Waals surface area contributed by atoms with Crippen LogP contribution in [0.1, 0.15) is 55.8 Å². The molecule has 1 aliphatic heterocycles. The number of ether oxygens (including phenoxy) is 1. The number of aromatic nitrogens is 2. The summed E-state index contributed by atoms with van der Waals surface area (Å²) >= 11 is 6.52. The average Bonchev–Trinajstić information content (AvgIpc) is 3.38. The molecule has 2 aromatic carbocycles. The summed E-state index contributed by atoms with van der Waals surface area (Å²) in [5.74, 6) is -6.25. The molecule has 2 amide bonds. The van der Waals surface area contributed by atoms with Gasteiger partial charge in [-0.15, -0.1) is 13.2 Å². The maximum Gasteiger partial charge on any atom is 0.573 e. The van der Waals surface area contributed by atoms with Crippen LogP contribution in [0.3, 0.4) is 0 Å². The molecule has 0 spiro atoms. The number of ketones is 1. The Bertz CT molecular complexity index is 1690. The molecule has 3 aromatic rings. The Kier molecular flexibility index (Phi) is 9.25. The number of amides is 2. The van der Waals surface area contributed by atoms with E-state index in [2.05, 4.69) is 14.7 Å². The van der Waals surface area contributed by atoms with Gasteiger partial charge in [0.2, 0.25) is 17.8 Å². The average molecular weight is 662 g/mol. The lowest BCUT2D eigenvalue weighted by molar-refractivity contribution is -0.274. The molecule has 1 saturated carbocycles. The Hall–Kier alpha value is -4.64. The molecular weight excluding hydrogens is 637 g/mol. The number of benzene rings is 2. The van der Waals surface area contributed by atoms with Crippen LogP contribution in [0, 0.1) is 17.2 Å². The molecule has 5 rings (SSSR count). The van der Waals surface area contributed by atoms with E-state index in [1.54, 1.807) is 12.1 Å². The molecule has 1 aliphatic carbocycles. The van der Waals surface area contributed by atoms with Crippen molar-refractivity contribution in [3.8, 4) is 11.8 Å². The van der Waals surface area contributed by atoms with Gasteiger partial charge in [-0.25, -0.2) is 18.7 Å². The van der Waals surface area contributed by atoms with Gasteiger partial charge < -0.3 is 4.74 Å². The zero-order chi connectivity index (χ0) is 33.2. The number of halogens is 6. The van der Waals surface area contributed by atoms with Gasteiger partial charge in [0.25, 0.3) is 5.91 Å². The van der Waals surface area contributed by atoms with Gasteiger partial charge in [0.05, 0.1) is 0 Å². The first-order chi connectivity index (χ1) is 21.8. The van der Waals surface area contributed by atoms with Crippen molar-refractivity contribution in [3.05, 3.63) is 77.1 Å². The molecule has 9 nitrogen and oxygen atoms in total. The Balaban J connectivity index is 1.61. The van der Waals surface area contributed by atoms with Crippen molar-refractivity contribution < 1.29 is 41.1 Å². The van der Waals surface area contributed by atoms with Gasteiger partial charge in [0.1, 0.15) is 29.6 Å². The fraction of sp³-hybridized carbons (Fsp3) is 0.355. The Morgan fingerprint density at radius 2 is 1.89 bits per heavy atom. The minimum atomic E-state index is -5.08. The molecule has 2 fully saturated rings. The molecular formula is C31H25ClF5N5O4. The summed E-state index contributed by atoms with van der Waals surface area (Å²) in [5.41, 5.74) is -0.149. The van der Waals surface area contributed by atoms with E-state index in [1.165, 1.54) is 36.5 Å². The normalized spacial score (nSPS) is 18.4. The second-order valence-corrected chi connectivity index (χ2v) is 11.4. The van der Waals surface area contributed by atoms with E-state index in [9.17, 15) is 41.6 Å². The number of Topliss-reactive ketones (excluding diaryl/α,β-unsaturated/α-hetero) is 1. The zero-order valence-electron chi connectivity index (χ0n) is 23.9. The standard InChI is InChI=1S/C31H25ClF5N5O4/c32-23-7-2-1-6-22(23)27(25(43)10-8-18-15-30(33,34)16-18)41(20-4-3-5-21(14-20)46-31(35,36)37)28(45)24-9-11-26(44)42(24)29-39-13-12-19(17-38)40-29/h1-7,12-14,18,24,27H,8-11,15-16H2/t24-,27?/m0/s1. The summed E-state index contributed by atoms with van der Waals surface area (Å²) in [6, 6.07) is 10.7. The van der Waals surface area contributed by atoms with Crippen LogP contribution in [0.4, 0.5) is 33.6 Å². The van der Waals surface area contributed by atoms with Crippen LogP contribution in [-0.2, 0) is 14.4 Å². The maximum absolute atomic E-state index is 14.6. The van der Waals surface area contributed by atoms with Gasteiger partial charge in [-0.05, 0) is 43.0 Å². The summed E-state index contributed by atoms with van der Waals surface area (Å²) in [6.07, 6.45) is -5.01. The lowest BCUT2D eigenvalue weighted by Crippen LogP contribution is -2.50. The highest BCUT2D eigenvalue weighted by Crippen LogP contribution is 2.45. The maximum atomic E-state index is 14.6. The zero-order valence-corrected chi connectivity index (χ0v) is 24.6. The molecule has 0 radical (unpaired) electrons.